The predicted octanol–water partition coefficient (Wildman–Crippen LogP) is 2.47. The van der Waals surface area contributed by atoms with Crippen molar-refractivity contribution in [3.63, 3.8) is 0 Å². The van der Waals surface area contributed by atoms with Gasteiger partial charge in [0.25, 0.3) is 0 Å². The quantitative estimate of drug-likeness (QED) is 0.763. The van der Waals surface area contributed by atoms with Crippen LogP contribution in [0.5, 0.6) is 6.01 Å². The number of likely N-dealkylation sites (tertiary alicyclic amines) is 1. The lowest BCUT2D eigenvalue weighted by atomic mass is 9.85. The van der Waals surface area contributed by atoms with Crippen LogP contribution in [0.25, 0.3) is 16.7 Å². The van der Waals surface area contributed by atoms with Crippen molar-refractivity contribution >= 4 is 16.7 Å². The topological polar surface area (TPSA) is 82.1 Å². The molecule has 0 spiro atoms. The zero-order chi connectivity index (χ0) is 19.1. The maximum atomic E-state index is 14.7. The third-order valence-electron chi connectivity index (χ3n) is 5.21. The van der Waals surface area contributed by atoms with Crippen molar-refractivity contribution in [1.29, 1.82) is 0 Å². The first kappa shape index (κ1) is 17.7. The molecule has 0 bridgehead atoms. The lowest BCUT2D eigenvalue weighted by Gasteiger charge is -2.33. The molecule has 0 saturated carbocycles. The van der Waals surface area contributed by atoms with Crippen molar-refractivity contribution in [2.45, 2.75) is 25.4 Å². The van der Waals surface area contributed by atoms with E-state index in [-0.39, 0.29) is 11.9 Å². The Labute approximate surface area is 157 Å². The predicted molar refractivity (Wildman–Crippen MR) is 102 cm³/mol. The monoisotopic (exact) mass is 370 g/mol. The van der Waals surface area contributed by atoms with E-state index in [4.69, 9.17) is 10.5 Å². The fourth-order valence-electron chi connectivity index (χ4n) is 3.82. The van der Waals surface area contributed by atoms with Crippen LogP contribution < -0.4 is 10.5 Å². The minimum absolute atomic E-state index is 0.112. The summed E-state index contributed by atoms with van der Waals surface area (Å²) in [5.74, 6) is 0.704. The maximum absolute atomic E-state index is 14.7. The van der Waals surface area contributed by atoms with Gasteiger partial charge in [0.2, 0.25) is 0 Å². The number of hydrogen-bond donors (Lipinski definition) is 1. The summed E-state index contributed by atoms with van der Waals surface area (Å²) in [5.41, 5.74) is 8.83. The molecule has 4 rings (SSSR count). The van der Waals surface area contributed by atoms with Gasteiger partial charge in [-0.2, -0.15) is 15.1 Å². The van der Waals surface area contributed by atoms with Gasteiger partial charge in [-0.25, -0.2) is 9.07 Å². The Morgan fingerprint density at radius 3 is 2.81 bits per heavy atom. The molecule has 1 fully saturated rings. The maximum Gasteiger partial charge on any atom is 0.320 e. The zero-order valence-corrected chi connectivity index (χ0v) is 15.7. The molecule has 142 valence electrons. The van der Waals surface area contributed by atoms with Crippen LogP contribution in [0.1, 0.15) is 23.5 Å². The molecule has 1 saturated heterocycles. The first-order valence-corrected chi connectivity index (χ1v) is 8.96. The van der Waals surface area contributed by atoms with Gasteiger partial charge in [0, 0.05) is 23.9 Å². The number of fused-ring (bicyclic) bond motifs is 1. The van der Waals surface area contributed by atoms with E-state index in [9.17, 15) is 4.39 Å². The molecule has 2 N–H and O–H groups in total. The van der Waals surface area contributed by atoms with Gasteiger partial charge in [0.05, 0.1) is 18.8 Å². The number of piperidine rings is 1. The molecular formula is C19H23FN6O. The number of benzene rings is 1. The van der Waals surface area contributed by atoms with Gasteiger partial charge in [-0.05, 0) is 50.2 Å². The average molecular weight is 370 g/mol. The van der Waals surface area contributed by atoms with Crippen molar-refractivity contribution in [3.05, 3.63) is 35.5 Å². The van der Waals surface area contributed by atoms with Crippen LogP contribution in [0.2, 0.25) is 0 Å². The van der Waals surface area contributed by atoms with Gasteiger partial charge in [0.1, 0.15) is 12.0 Å². The van der Waals surface area contributed by atoms with Crippen molar-refractivity contribution in [2.24, 2.45) is 0 Å². The van der Waals surface area contributed by atoms with E-state index in [1.165, 1.54) is 7.11 Å². The SMILES string of the molecule is COc1nc(N)cc(-n2ncc3cc(C)c([C@H]4CCN(C)C[C@H]4F)cc32)n1. The normalized spacial score (nSPS) is 20.9. The van der Waals surface area contributed by atoms with E-state index in [1.54, 1.807) is 16.9 Å². The van der Waals surface area contributed by atoms with Gasteiger partial charge in [-0.15, -0.1) is 0 Å². The van der Waals surface area contributed by atoms with Crippen LogP contribution in [0.4, 0.5) is 10.2 Å². The summed E-state index contributed by atoms with van der Waals surface area (Å²) in [4.78, 5) is 10.4. The molecule has 0 aliphatic carbocycles. The minimum Gasteiger partial charge on any atom is -0.467 e. The first-order chi connectivity index (χ1) is 13.0. The van der Waals surface area contributed by atoms with Crippen LogP contribution in [-0.2, 0) is 0 Å². The number of ether oxygens (including phenoxy) is 1. The first-order valence-electron chi connectivity index (χ1n) is 8.96. The van der Waals surface area contributed by atoms with Gasteiger partial charge >= 0.3 is 6.01 Å². The van der Waals surface area contributed by atoms with Crippen molar-refractivity contribution < 1.29 is 9.13 Å². The third-order valence-corrected chi connectivity index (χ3v) is 5.21. The molecule has 27 heavy (non-hydrogen) atoms. The molecule has 3 heterocycles. The Hall–Kier alpha value is -2.74. The average Bonchev–Trinajstić information content (AvgIpc) is 3.03. The second kappa shape index (κ2) is 6.77. The summed E-state index contributed by atoms with van der Waals surface area (Å²) in [5, 5.41) is 5.42. The second-order valence-electron chi connectivity index (χ2n) is 7.14. The molecule has 0 radical (unpaired) electrons. The van der Waals surface area contributed by atoms with Gasteiger partial charge < -0.3 is 15.4 Å². The number of hydrogen-bond acceptors (Lipinski definition) is 6. The molecule has 1 aliphatic rings. The van der Waals surface area contributed by atoms with E-state index < -0.39 is 6.17 Å². The standard InChI is InChI=1S/C19H23FN6O/c1-11-6-12-9-22-26(18-8-17(21)23-19(24-18)27-3)16(12)7-14(11)13-4-5-25(2)10-15(13)20/h6-9,13,15H,4-5,10H2,1-3H3,(H2,21,23,24)/t13-,15-/m1/s1. The summed E-state index contributed by atoms with van der Waals surface area (Å²) >= 11 is 0. The van der Waals surface area contributed by atoms with Crippen LogP contribution in [-0.4, -0.2) is 58.1 Å². The molecule has 0 unspecified atom stereocenters. The number of aromatic nitrogens is 4. The third kappa shape index (κ3) is 3.21. The smallest absolute Gasteiger partial charge is 0.320 e. The molecule has 2 atom stereocenters. The summed E-state index contributed by atoms with van der Waals surface area (Å²) in [7, 11) is 3.45. The summed E-state index contributed by atoms with van der Waals surface area (Å²) in [6.45, 7) is 3.38. The van der Waals surface area contributed by atoms with Crippen molar-refractivity contribution in [3.8, 4) is 11.8 Å². The van der Waals surface area contributed by atoms with Crippen molar-refractivity contribution in [2.75, 3.05) is 33.0 Å². The fraction of sp³-hybridized carbons (Fsp3) is 0.421. The van der Waals surface area contributed by atoms with Gasteiger partial charge in [-0.3, -0.25) is 0 Å². The molecule has 2 aromatic heterocycles. The highest BCUT2D eigenvalue weighted by Gasteiger charge is 2.30. The zero-order valence-electron chi connectivity index (χ0n) is 15.7. The number of nitrogen functional groups attached to an aromatic ring is 1. The minimum atomic E-state index is -0.883. The van der Waals surface area contributed by atoms with E-state index in [0.717, 1.165) is 35.0 Å². The van der Waals surface area contributed by atoms with Gasteiger partial charge in [0.15, 0.2) is 5.82 Å². The Bertz CT molecular complexity index is 988. The summed E-state index contributed by atoms with van der Waals surface area (Å²) in [6.07, 6.45) is 1.69. The highest BCUT2D eigenvalue weighted by molar-refractivity contribution is 5.82. The fourth-order valence-corrected chi connectivity index (χ4v) is 3.82. The van der Waals surface area contributed by atoms with E-state index in [1.807, 2.05) is 24.9 Å². The number of methoxy groups -OCH3 is 1. The molecule has 1 aliphatic heterocycles. The Balaban J connectivity index is 1.82. The largest absolute Gasteiger partial charge is 0.467 e. The molecule has 1 aromatic carbocycles. The lowest BCUT2D eigenvalue weighted by Crippen LogP contribution is -2.38. The van der Waals surface area contributed by atoms with Gasteiger partial charge in [-0.1, -0.05) is 0 Å². The van der Waals surface area contributed by atoms with Crippen LogP contribution in [0.3, 0.4) is 0 Å². The Kier molecular flexibility index (Phi) is 4.43. The number of aryl methyl sites for hydroxylation is 1. The summed E-state index contributed by atoms with van der Waals surface area (Å²) in [6, 6.07) is 5.91. The number of alkyl halides is 1. The summed E-state index contributed by atoms with van der Waals surface area (Å²) < 4.78 is 21.6. The van der Waals surface area contributed by atoms with E-state index in [0.29, 0.717) is 18.2 Å². The van der Waals surface area contributed by atoms with Crippen molar-refractivity contribution in [1.82, 2.24) is 24.6 Å². The molecular weight excluding hydrogens is 347 g/mol. The molecule has 0 amide bonds. The van der Waals surface area contributed by atoms with Crippen LogP contribution >= 0.6 is 0 Å². The number of nitrogens with zero attached hydrogens (tertiary/aromatic N) is 5. The van der Waals surface area contributed by atoms with E-state index >= 15 is 0 Å². The highest BCUT2D eigenvalue weighted by atomic mass is 19.1. The number of nitrogens with two attached hydrogens (primary N) is 1. The Morgan fingerprint density at radius 2 is 2.07 bits per heavy atom. The lowest BCUT2D eigenvalue weighted by molar-refractivity contribution is 0.139. The highest BCUT2D eigenvalue weighted by Crippen LogP contribution is 2.34. The van der Waals surface area contributed by atoms with E-state index in [2.05, 4.69) is 21.1 Å². The molecule has 8 heteroatoms. The number of halogens is 1. The second-order valence-corrected chi connectivity index (χ2v) is 7.14. The Morgan fingerprint density at radius 1 is 1.26 bits per heavy atom. The molecule has 3 aromatic rings. The molecule has 7 nitrogen and oxygen atoms in total. The number of anilines is 1. The van der Waals surface area contributed by atoms with Crippen LogP contribution in [0, 0.1) is 6.92 Å². The van der Waals surface area contributed by atoms with Crippen LogP contribution in [0.15, 0.2) is 24.4 Å². The number of rotatable bonds is 3.